The van der Waals surface area contributed by atoms with Gasteiger partial charge in [-0.15, -0.1) is 0 Å². The summed E-state index contributed by atoms with van der Waals surface area (Å²) in [6.45, 7) is 10.7. The molecule has 2 saturated heterocycles. The molecule has 4 aromatic rings. The molecule has 0 bridgehead atoms. The standard InChI is InChI=1S/C25H30N10O/c1-24(2,3)35-23-17(21(26)29-13-30-23)18(31-35)19-16(20(36-32-19)14-5-6-14)22-27-7-15(8-28-22)34-11-25(12-34)9-33(4)10-25/h7-8,13-14H,5-6,9-12H2,1-4H3,(H2,26,29,30). The third-order valence-electron chi connectivity index (χ3n) is 7.51. The van der Waals surface area contributed by atoms with Crippen molar-refractivity contribution in [2.75, 3.05) is 43.9 Å². The van der Waals surface area contributed by atoms with Crippen molar-refractivity contribution in [2.24, 2.45) is 5.41 Å². The fourth-order valence-corrected chi connectivity index (χ4v) is 5.77. The van der Waals surface area contributed by atoms with Gasteiger partial charge in [0.1, 0.15) is 23.5 Å². The number of hydrogen-bond acceptors (Lipinski definition) is 10. The Morgan fingerprint density at radius 3 is 2.36 bits per heavy atom. The Bertz CT molecular complexity index is 1460. The van der Waals surface area contributed by atoms with Gasteiger partial charge in [0.15, 0.2) is 17.2 Å². The van der Waals surface area contributed by atoms with Crippen molar-refractivity contribution in [3.8, 4) is 22.8 Å². The summed E-state index contributed by atoms with van der Waals surface area (Å²) < 4.78 is 7.77. The van der Waals surface area contributed by atoms with Gasteiger partial charge in [-0.3, -0.25) is 0 Å². The molecular weight excluding hydrogens is 456 g/mol. The van der Waals surface area contributed by atoms with Crippen LogP contribution in [-0.2, 0) is 5.54 Å². The van der Waals surface area contributed by atoms with E-state index in [1.807, 2.05) is 17.1 Å². The Morgan fingerprint density at radius 2 is 1.72 bits per heavy atom. The highest BCUT2D eigenvalue weighted by atomic mass is 16.5. The Balaban J connectivity index is 1.30. The number of nitrogen functional groups attached to an aromatic ring is 1. The molecule has 3 fully saturated rings. The minimum absolute atomic E-state index is 0.317. The average molecular weight is 487 g/mol. The first kappa shape index (κ1) is 21.7. The van der Waals surface area contributed by atoms with Crippen molar-refractivity contribution in [1.29, 1.82) is 0 Å². The zero-order chi connectivity index (χ0) is 24.8. The fourth-order valence-electron chi connectivity index (χ4n) is 5.77. The lowest BCUT2D eigenvalue weighted by Crippen LogP contribution is -2.71. The van der Waals surface area contributed by atoms with E-state index in [1.165, 1.54) is 19.4 Å². The number of hydrogen-bond donors (Lipinski definition) is 1. The van der Waals surface area contributed by atoms with Crippen LogP contribution in [-0.4, -0.2) is 73.0 Å². The third kappa shape index (κ3) is 3.22. The van der Waals surface area contributed by atoms with Crippen LogP contribution in [0.2, 0.25) is 0 Å². The Labute approximate surface area is 208 Å². The summed E-state index contributed by atoms with van der Waals surface area (Å²) in [6.07, 6.45) is 7.41. The van der Waals surface area contributed by atoms with Gasteiger partial charge < -0.3 is 20.1 Å². The number of nitrogens with zero attached hydrogens (tertiary/aromatic N) is 9. The number of nitrogens with two attached hydrogens (primary N) is 1. The van der Waals surface area contributed by atoms with Crippen LogP contribution in [0.25, 0.3) is 33.8 Å². The summed E-state index contributed by atoms with van der Waals surface area (Å²) in [6, 6.07) is 0. The van der Waals surface area contributed by atoms with Crippen LogP contribution in [0, 0.1) is 5.41 Å². The minimum atomic E-state index is -0.317. The number of aromatic nitrogens is 7. The van der Waals surface area contributed by atoms with Gasteiger partial charge in [-0.05, 0) is 40.7 Å². The summed E-state index contributed by atoms with van der Waals surface area (Å²) in [4.78, 5) is 23.0. The summed E-state index contributed by atoms with van der Waals surface area (Å²) in [5.41, 5.74) is 10.1. The topological polar surface area (TPSA) is 128 Å². The molecule has 11 heteroatoms. The first-order valence-electron chi connectivity index (χ1n) is 12.5. The molecule has 0 atom stereocenters. The van der Waals surface area contributed by atoms with Gasteiger partial charge in [0, 0.05) is 37.5 Å². The van der Waals surface area contributed by atoms with Crippen LogP contribution < -0.4 is 10.6 Å². The number of rotatable bonds is 4. The first-order chi connectivity index (χ1) is 17.2. The highest BCUT2D eigenvalue weighted by Gasteiger charge is 2.50. The Hall–Kier alpha value is -3.60. The molecule has 0 unspecified atom stereocenters. The molecular formula is C25H30N10O. The smallest absolute Gasteiger partial charge is 0.165 e. The van der Waals surface area contributed by atoms with E-state index in [2.05, 4.69) is 52.7 Å². The predicted octanol–water partition coefficient (Wildman–Crippen LogP) is 2.90. The van der Waals surface area contributed by atoms with Crippen LogP contribution in [0.15, 0.2) is 23.2 Å². The molecule has 0 amide bonds. The third-order valence-corrected chi connectivity index (χ3v) is 7.51. The minimum Gasteiger partial charge on any atom is -0.383 e. The molecule has 2 aliphatic heterocycles. The van der Waals surface area contributed by atoms with Crippen molar-refractivity contribution in [2.45, 2.75) is 45.1 Å². The summed E-state index contributed by atoms with van der Waals surface area (Å²) in [7, 11) is 2.17. The van der Waals surface area contributed by atoms with Crippen molar-refractivity contribution < 1.29 is 4.52 Å². The van der Waals surface area contributed by atoms with Crippen LogP contribution in [0.5, 0.6) is 0 Å². The van der Waals surface area contributed by atoms with E-state index in [-0.39, 0.29) is 5.54 Å². The molecule has 4 aromatic heterocycles. The molecule has 3 aliphatic rings. The van der Waals surface area contributed by atoms with Gasteiger partial charge in [-0.25, -0.2) is 24.6 Å². The predicted molar refractivity (Wildman–Crippen MR) is 135 cm³/mol. The second kappa shape index (κ2) is 7.22. The van der Waals surface area contributed by atoms with Crippen molar-refractivity contribution in [1.82, 2.24) is 39.8 Å². The number of likely N-dealkylation sites (tertiary alicyclic amines) is 1. The fraction of sp³-hybridized carbons (Fsp3) is 0.520. The number of anilines is 2. The quantitative estimate of drug-likeness (QED) is 0.460. The van der Waals surface area contributed by atoms with E-state index in [4.69, 9.17) is 25.3 Å². The lowest BCUT2D eigenvalue weighted by atomic mass is 9.73. The van der Waals surface area contributed by atoms with Crippen LogP contribution in [0.4, 0.5) is 11.5 Å². The maximum absolute atomic E-state index is 6.34. The van der Waals surface area contributed by atoms with Crippen molar-refractivity contribution in [3.63, 3.8) is 0 Å². The van der Waals surface area contributed by atoms with Gasteiger partial charge in [0.2, 0.25) is 0 Å². The van der Waals surface area contributed by atoms with Gasteiger partial charge in [0.25, 0.3) is 0 Å². The molecule has 6 heterocycles. The van der Waals surface area contributed by atoms with E-state index >= 15 is 0 Å². The van der Waals surface area contributed by atoms with Gasteiger partial charge in [-0.1, -0.05) is 5.16 Å². The molecule has 1 spiro atoms. The lowest BCUT2D eigenvalue weighted by molar-refractivity contribution is -0.00244. The zero-order valence-corrected chi connectivity index (χ0v) is 21.1. The van der Waals surface area contributed by atoms with Crippen LogP contribution in [0.3, 0.4) is 0 Å². The molecule has 1 saturated carbocycles. The largest absolute Gasteiger partial charge is 0.383 e. The molecule has 2 N–H and O–H groups in total. The molecule has 1 aliphatic carbocycles. The highest BCUT2D eigenvalue weighted by molar-refractivity contribution is 6.00. The SMILES string of the molecule is CN1CC2(C1)CN(c1cnc(-c3c(-c4nn(C(C)(C)C)c5ncnc(N)c45)noc3C3CC3)nc1)C2. The molecule has 0 radical (unpaired) electrons. The van der Waals surface area contributed by atoms with Crippen LogP contribution in [0.1, 0.15) is 45.3 Å². The van der Waals surface area contributed by atoms with Crippen LogP contribution >= 0.6 is 0 Å². The van der Waals surface area contributed by atoms with Gasteiger partial charge >= 0.3 is 0 Å². The average Bonchev–Trinajstić information content (AvgIpc) is 3.41. The van der Waals surface area contributed by atoms with E-state index in [0.29, 0.717) is 45.4 Å². The Morgan fingerprint density at radius 1 is 1.00 bits per heavy atom. The first-order valence-corrected chi connectivity index (χ1v) is 12.5. The highest BCUT2D eigenvalue weighted by Crippen LogP contribution is 2.48. The summed E-state index contributed by atoms with van der Waals surface area (Å²) in [5.74, 6) is 2.08. The molecule has 0 aromatic carbocycles. The summed E-state index contributed by atoms with van der Waals surface area (Å²) >= 11 is 0. The summed E-state index contributed by atoms with van der Waals surface area (Å²) in [5, 5.41) is 10.1. The molecule has 36 heavy (non-hydrogen) atoms. The van der Waals surface area contributed by atoms with E-state index in [0.717, 1.165) is 42.9 Å². The maximum Gasteiger partial charge on any atom is 0.165 e. The monoisotopic (exact) mass is 486 g/mol. The van der Waals surface area contributed by atoms with E-state index in [9.17, 15) is 0 Å². The lowest BCUT2D eigenvalue weighted by Gasteiger charge is -2.60. The molecule has 186 valence electrons. The Kier molecular flexibility index (Phi) is 4.34. The maximum atomic E-state index is 6.34. The number of fused-ring (bicyclic) bond motifs is 1. The zero-order valence-electron chi connectivity index (χ0n) is 21.1. The second-order valence-corrected chi connectivity index (χ2v) is 11.7. The van der Waals surface area contributed by atoms with Gasteiger partial charge in [-0.2, -0.15) is 5.10 Å². The second-order valence-electron chi connectivity index (χ2n) is 11.7. The molecule has 7 rings (SSSR count). The van der Waals surface area contributed by atoms with Crippen molar-refractivity contribution in [3.05, 3.63) is 24.5 Å². The van der Waals surface area contributed by atoms with E-state index in [1.54, 1.807) is 0 Å². The van der Waals surface area contributed by atoms with Crippen molar-refractivity contribution >= 4 is 22.5 Å². The van der Waals surface area contributed by atoms with E-state index < -0.39 is 0 Å². The molecule has 11 nitrogen and oxygen atoms in total. The normalized spacial score (nSPS) is 19.6. The van der Waals surface area contributed by atoms with Gasteiger partial charge in [0.05, 0.1) is 34.6 Å².